The average molecular weight is 252 g/mol. The predicted octanol–water partition coefficient (Wildman–Crippen LogP) is 2.05. The lowest BCUT2D eigenvalue weighted by Crippen LogP contribution is -2.09. The van der Waals surface area contributed by atoms with E-state index in [2.05, 4.69) is 10.5 Å². The minimum absolute atomic E-state index is 0.225. The standard InChI is InChI=1S/C12H16N2O2S/c15-17(16)9-4-7-12(8-10-17)14-13-11-5-2-1-3-6-11/h1-3,5-6,13H,4,7-10H2. The number of nitrogens with one attached hydrogen (secondary N) is 1. The smallest absolute Gasteiger partial charge is 0.150 e. The van der Waals surface area contributed by atoms with Gasteiger partial charge in [-0.2, -0.15) is 5.10 Å². The zero-order valence-corrected chi connectivity index (χ0v) is 10.4. The molecule has 5 heteroatoms. The molecule has 1 heterocycles. The molecule has 1 aliphatic rings. The highest BCUT2D eigenvalue weighted by Crippen LogP contribution is 2.11. The fraction of sp³-hybridized carbons (Fsp3) is 0.417. The van der Waals surface area contributed by atoms with Crippen LogP contribution in [-0.2, 0) is 9.84 Å². The molecule has 1 aliphatic heterocycles. The Morgan fingerprint density at radius 3 is 2.59 bits per heavy atom. The number of rotatable bonds is 2. The second-order valence-corrected chi connectivity index (χ2v) is 6.46. The number of hydrogen-bond acceptors (Lipinski definition) is 4. The van der Waals surface area contributed by atoms with Crippen LogP contribution in [0.4, 0.5) is 5.69 Å². The lowest BCUT2D eigenvalue weighted by Gasteiger charge is -2.03. The molecule has 1 aromatic carbocycles. The molecule has 1 aromatic rings. The number of hydrazone groups is 1. The molecule has 0 saturated carbocycles. The quantitative estimate of drug-likeness (QED) is 0.820. The first-order valence-electron chi connectivity index (χ1n) is 5.73. The molecule has 2 rings (SSSR count). The number of nitrogens with zero attached hydrogens (tertiary/aromatic N) is 1. The summed E-state index contributed by atoms with van der Waals surface area (Å²) in [7, 11) is -2.84. The largest absolute Gasteiger partial charge is 0.279 e. The van der Waals surface area contributed by atoms with E-state index in [1.807, 2.05) is 30.3 Å². The van der Waals surface area contributed by atoms with Crippen LogP contribution in [-0.4, -0.2) is 25.6 Å². The van der Waals surface area contributed by atoms with Gasteiger partial charge in [-0.1, -0.05) is 18.2 Å². The summed E-state index contributed by atoms with van der Waals surface area (Å²) >= 11 is 0. The molecule has 0 spiro atoms. The van der Waals surface area contributed by atoms with E-state index in [1.165, 1.54) is 0 Å². The Hall–Kier alpha value is -1.36. The molecule has 4 nitrogen and oxygen atoms in total. The van der Waals surface area contributed by atoms with Crippen LogP contribution in [0.15, 0.2) is 35.4 Å². The predicted molar refractivity (Wildman–Crippen MR) is 70.0 cm³/mol. The highest BCUT2D eigenvalue weighted by molar-refractivity contribution is 7.91. The van der Waals surface area contributed by atoms with Crippen LogP contribution >= 0.6 is 0 Å². The van der Waals surface area contributed by atoms with Gasteiger partial charge in [0.2, 0.25) is 0 Å². The molecule has 1 saturated heterocycles. The second kappa shape index (κ2) is 5.31. The number of hydrogen-bond donors (Lipinski definition) is 1. The minimum atomic E-state index is -2.84. The fourth-order valence-corrected chi connectivity index (χ4v) is 3.10. The van der Waals surface area contributed by atoms with Gasteiger partial charge in [0.25, 0.3) is 0 Å². The molecule has 0 atom stereocenters. The van der Waals surface area contributed by atoms with Gasteiger partial charge in [0.05, 0.1) is 17.2 Å². The first kappa shape index (κ1) is 12.1. The van der Waals surface area contributed by atoms with E-state index in [0.717, 1.165) is 17.8 Å². The zero-order valence-electron chi connectivity index (χ0n) is 9.59. The van der Waals surface area contributed by atoms with Gasteiger partial charge in [-0.05, 0) is 25.0 Å². The number of sulfone groups is 1. The van der Waals surface area contributed by atoms with Crippen molar-refractivity contribution in [1.82, 2.24) is 0 Å². The number of benzene rings is 1. The van der Waals surface area contributed by atoms with E-state index >= 15 is 0 Å². The summed E-state index contributed by atoms with van der Waals surface area (Å²) in [6, 6.07) is 9.66. The fourth-order valence-electron chi connectivity index (χ4n) is 1.76. The van der Waals surface area contributed by atoms with E-state index in [4.69, 9.17) is 0 Å². The first-order valence-corrected chi connectivity index (χ1v) is 7.55. The number of para-hydroxylation sites is 1. The SMILES string of the molecule is O=S1(=O)CCCC(=NNc2ccccc2)CC1. The Kier molecular flexibility index (Phi) is 3.78. The van der Waals surface area contributed by atoms with E-state index in [0.29, 0.717) is 12.8 Å². The summed E-state index contributed by atoms with van der Waals surface area (Å²) in [5, 5.41) is 4.28. The number of anilines is 1. The van der Waals surface area contributed by atoms with E-state index < -0.39 is 9.84 Å². The van der Waals surface area contributed by atoms with E-state index in [-0.39, 0.29) is 11.5 Å². The monoisotopic (exact) mass is 252 g/mol. The highest BCUT2D eigenvalue weighted by atomic mass is 32.2. The van der Waals surface area contributed by atoms with Crippen LogP contribution in [0, 0.1) is 0 Å². The Morgan fingerprint density at radius 2 is 1.82 bits per heavy atom. The highest BCUT2D eigenvalue weighted by Gasteiger charge is 2.17. The lowest BCUT2D eigenvalue weighted by molar-refractivity contribution is 0.596. The molecule has 0 bridgehead atoms. The van der Waals surface area contributed by atoms with Gasteiger partial charge in [0.15, 0.2) is 9.84 Å². The Labute approximate surface area is 102 Å². The van der Waals surface area contributed by atoms with E-state index in [9.17, 15) is 8.42 Å². The normalized spacial score (nSPS) is 22.0. The molecular formula is C12H16N2O2S. The molecule has 1 fully saturated rings. The van der Waals surface area contributed by atoms with Crippen molar-refractivity contribution in [2.45, 2.75) is 19.3 Å². The van der Waals surface area contributed by atoms with Gasteiger partial charge in [-0.25, -0.2) is 8.42 Å². The maximum absolute atomic E-state index is 11.4. The van der Waals surface area contributed by atoms with Crippen LogP contribution < -0.4 is 5.43 Å². The lowest BCUT2D eigenvalue weighted by atomic mass is 10.2. The van der Waals surface area contributed by atoms with Gasteiger partial charge < -0.3 is 0 Å². The molecular weight excluding hydrogens is 236 g/mol. The molecule has 0 radical (unpaired) electrons. The molecule has 0 unspecified atom stereocenters. The van der Waals surface area contributed by atoms with Crippen molar-refractivity contribution in [2.75, 3.05) is 16.9 Å². The summed E-state index contributed by atoms with van der Waals surface area (Å²) in [6.07, 6.45) is 1.98. The van der Waals surface area contributed by atoms with Crippen molar-refractivity contribution in [3.8, 4) is 0 Å². The molecule has 0 aliphatic carbocycles. The summed E-state index contributed by atoms with van der Waals surface area (Å²) in [6.45, 7) is 0. The van der Waals surface area contributed by atoms with E-state index in [1.54, 1.807) is 0 Å². The van der Waals surface area contributed by atoms with Crippen molar-refractivity contribution in [2.24, 2.45) is 5.10 Å². The van der Waals surface area contributed by atoms with Gasteiger partial charge in [0.1, 0.15) is 0 Å². The Balaban J connectivity index is 1.99. The third-order valence-corrected chi connectivity index (χ3v) is 4.48. The van der Waals surface area contributed by atoms with Crippen molar-refractivity contribution in [3.63, 3.8) is 0 Å². The summed E-state index contributed by atoms with van der Waals surface area (Å²) in [4.78, 5) is 0. The summed E-state index contributed by atoms with van der Waals surface area (Å²) < 4.78 is 22.8. The third kappa shape index (κ3) is 3.85. The molecule has 92 valence electrons. The van der Waals surface area contributed by atoms with Crippen LogP contribution in [0.3, 0.4) is 0 Å². The van der Waals surface area contributed by atoms with Crippen LogP contribution in [0.25, 0.3) is 0 Å². The van der Waals surface area contributed by atoms with Gasteiger partial charge in [-0.3, -0.25) is 5.43 Å². The maximum atomic E-state index is 11.4. The van der Waals surface area contributed by atoms with Crippen molar-refractivity contribution >= 4 is 21.2 Å². The molecule has 17 heavy (non-hydrogen) atoms. The van der Waals surface area contributed by atoms with Crippen LogP contribution in [0.5, 0.6) is 0 Å². The third-order valence-electron chi connectivity index (χ3n) is 2.74. The summed E-state index contributed by atoms with van der Waals surface area (Å²) in [5.41, 5.74) is 4.83. The van der Waals surface area contributed by atoms with Crippen molar-refractivity contribution in [1.29, 1.82) is 0 Å². The van der Waals surface area contributed by atoms with Crippen molar-refractivity contribution < 1.29 is 8.42 Å². The second-order valence-electron chi connectivity index (χ2n) is 4.16. The maximum Gasteiger partial charge on any atom is 0.150 e. The zero-order chi connectivity index (χ0) is 12.1. The van der Waals surface area contributed by atoms with Crippen molar-refractivity contribution in [3.05, 3.63) is 30.3 Å². The Bertz CT molecular complexity index is 494. The average Bonchev–Trinajstić information content (AvgIpc) is 2.49. The van der Waals surface area contributed by atoms with Gasteiger partial charge >= 0.3 is 0 Å². The van der Waals surface area contributed by atoms with Crippen LogP contribution in [0.2, 0.25) is 0 Å². The Morgan fingerprint density at radius 1 is 1.06 bits per heavy atom. The summed E-state index contributed by atoms with van der Waals surface area (Å²) in [5.74, 6) is 0.514. The van der Waals surface area contributed by atoms with Gasteiger partial charge in [0, 0.05) is 12.1 Å². The topological polar surface area (TPSA) is 58.5 Å². The first-order chi connectivity index (χ1) is 8.16. The van der Waals surface area contributed by atoms with Gasteiger partial charge in [-0.15, -0.1) is 0 Å². The van der Waals surface area contributed by atoms with Crippen LogP contribution in [0.1, 0.15) is 19.3 Å². The minimum Gasteiger partial charge on any atom is -0.279 e. The molecule has 0 aromatic heterocycles. The molecule has 0 amide bonds. The molecule has 1 N–H and O–H groups in total.